The number of ketones is 1. The second kappa shape index (κ2) is 6.57. The van der Waals surface area contributed by atoms with Gasteiger partial charge >= 0.3 is 0 Å². The van der Waals surface area contributed by atoms with E-state index < -0.39 is 0 Å². The van der Waals surface area contributed by atoms with Crippen LogP contribution in [0, 0.1) is 0 Å². The van der Waals surface area contributed by atoms with Crippen LogP contribution in [0.25, 0.3) is 0 Å². The lowest BCUT2D eigenvalue weighted by atomic mass is 10.0. The molecule has 1 heterocycles. The molecule has 1 aliphatic heterocycles. The van der Waals surface area contributed by atoms with Crippen molar-refractivity contribution >= 4 is 11.5 Å². The Balaban J connectivity index is 1.88. The lowest BCUT2D eigenvalue weighted by Gasteiger charge is -2.10. The van der Waals surface area contributed by atoms with Crippen LogP contribution in [0.1, 0.15) is 42.5 Å². The topological polar surface area (TPSA) is 61.5 Å². The fourth-order valence-corrected chi connectivity index (χ4v) is 2.40. The minimum Gasteiger partial charge on any atom is -0.497 e. The van der Waals surface area contributed by atoms with Crippen LogP contribution in [0.5, 0.6) is 5.75 Å². The van der Waals surface area contributed by atoms with E-state index in [9.17, 15) is 4.79 Å². The predicted octanol–water partition coefficient (Wildman–Crippen LogP) is 2.81. The maximum Gasteiger partial charge on any atom is 0.165 e. The highest BCUT2D eigenvalue weighted by Gasteiger charge is 2.16. The fourth-order valence-electron chi connectivity index (χ4n) is 2.40. The number of hydrogen-bond acceptors (Lipinski definition) is 4. The molecule has 1 aliphatic rings. The molecule has 2 N–H and O–H groups in total. The predicted molar refractivity (Wildman–Crippen MR) is 74.6 cm³/mol. The van der Waals surface area contributed by atoms with E-state index in [0.29, 0.717) is 29.5 Å². The Kier molecular flexibility index (Phi) is 4.80. The molecule has 1 unspecified atom stereocenters. The van der Waals surface area contributed by atoms with Gasteiger partial charge in [0, 0.05) is 24.3 Å². The Morgan fingerprint density at radius 2 is 2.37 bits per heavy atom. The largest absolute Gasteiger partial charge is 0.497 e. The number of carbonyl (C=O) groups excluding carboxylic acids is 1. The summed E-state index contributed by atoms with van der Waals surface area (Å²) in [5.41, 5.74) is 6.92. The monoisotopic (exact) mass is 263 g/mol. The van der Waals surface area contributed by atoms with Gasteiger partial charge in [0.25, 0.3) is 0 Å². The third kappa shape index (κ3) is 3.70. The fraction of sp³-hybridized carbons (Fsp3) is 0.533. The van der Waals surface area contributed by atoms with E-state index >= 15 is 0 Å². The third-order valence-electron chi connectivity index (χ3n) is 3.51. The second-order valence-electron chi connectivity index (χ2n) is 4.90. The van der Waals surface area contributed by atoms with Crippen molar-refractivity contribution in [3.63, 3.8) is 0 Å². The highest BCUT2D eigenvalue weighted by atomic mass is 16.5. The summed E-state index contributed by atoms with van der Waals surface area (Å²) in [6, 6.07) is 5.19. The number of benzene rings is 1. The zero-order valence-electron chi connectivity index (χ0n) is 11.4. The number of hydrogen-bond donors (Lipinski definition) is 1. The van der Waals surface area contributed by atoms with Gasteiger partial charge in [-0.15, -0.1) is 0 Å². The van der Waals surface area contributed by atoms with Crippen LogP contribution in [-0.4, -0.2) is 25.6 Å². The molecule has 2 rings (SSSR count). The summed E-state index contributed by atoms with van der Waals surface area (Å²) in [5.74, 6) is 0.742. The number of carbonyl (C=O) groups is 1. The van der Waals surface area contributed by atoms with Gasteiger partial charge in [-0.25, -0.2) is 0 Å². The van der Waals surface area contributed by atoms with Crippen molar-refractivity contribution in [2.75, 3.05) is 19.5 Å². The van der Waals surface area contributed by atoms with Gasteiger partial charge in [0.2, 0.25) is 0 Å². The highest BCUT2D eigenvalue weighted by Crippen LogP contribution is 2.23. The van der Waals surface area contributed by atoms with E-state index in [1.165, 1.54) is 0 Å². The zero-order chi connectivity index (χ0) is 13.7. The van der Waals surface area contributed by atoms with Crippen LogP contribution < -0.4 is 10.5 Å². The lowest BCUT2D eigenvalue weighted by molar-refractivity contribution is 0.0923. The number of anilines is 1. The van der Waals surface area contributed by atoms with Crippen molar-refractivity contribution in [1.29, 1.82) is 0 Å². The Labute approximate surface area is 113 Å². The summed E-state index contributed by atoms with van der Waals surface area (Å²) >= 11 is 0. The number of methoxy groups -OCH3 is 1. The first kappa shape index (κ1) is 13.9. The molecule has 1 atom stereocenters. The number of Topliss-reactive ketones (excluding diaryl/α,β-unsaturated/α-hetero) is 1. The maximum atomic E-state index is 12.1. The van der Waals surface area contributed by atoms with Crippen LogP contribution in [0.2, 0.25) is 0 Å². The van der Waals surface area contributed by atoms with Gasteiger partial charge in [-0.2, -0.15) is 0 Å². The van der Waals surface area contributed by atoms with Crippen LogP contribution >= 0.6 is 0 Å². The molecule has 0 amide bonds. The van der Waals surface area contributed by atoms with Crippen LogP contribution in [-0.2, 0) is 4.74 Å². The van der Waals surface area contributed by atoms with Crippen LogP contribution in [0.4, 0.5) is 5.69 Å². The summed E-state index contributed by atoms with van der Waals surface area (Å²) in [5, 5.41) is 0. The standard InChI is InChI=1S/C15H21NO3/c1-18-12-7-8-14(16)13(10-12)15(17)6-2-4-11-5-3-9-19-11/h7-8,10-11H,2-6,9,16H2,1H3. The first-order chi connectivity index (χ1) is 9.20. The smallest absolute Gasteiger partial charge is 0.165 e. The molecule has 1 saturated heterocycles. The Morgan fingerprint density at radius 1 is 1.53 bits per heavy atom. The minimum atomic E-state index is 0.0781. The normalized spacial score (nSPS) is 18.5. The van der Waals surface area contributed by atoms with Crippen molar-refractivity contribution in [3.8, 4) is 5.75 Å². The summed E-state index contributed by atoms with van der Waals surface area (Å²) in [7, 11) is 1.58. The van der Waals surface area contributed by atoms with Gasteiger partial charge in [-0.05, 0) is 43.9 Å². The quantitative estimate of drug-likeness (QED) is 0.633. The first-order valence-corrected chi connectivity index (χ1v) is 6.79. The van der Waals surface area contributed by atoms with Crippen LogP contribution in [0.3, 0.4) is 0 Å². The Hall–Kier alpha value is -1.55. The van der Waals surface area contributed by atoms with Gasteiger partial charge in [-0.1, -0.05) is 0 Å². The average molecular weight is 263 g/mol. The first-order valence-electron chi connectivity index (χ1n) is 6.79. The Morgan fingerprint density at radius 3 is 3.05 bits per heavy atom. The van der Waals surface area contributed by atoms with Gasteiger partial charge in [0.05, 0.1) is 13.2 Å². The molecule has 4 heteroatoms. The molecule has 1 aromatic carbocycles. The van der Waals surface area contributed by atoms with Crippen molar-refractivity contribution in [1.82, 2.24) is 0 Å². The van der Waals surface area contributed by atoms with E-state index in [0.717, 1.165) is 32.3 Å². The van der Waals surface area contributed by atoms with Gasteiger partial charge in [-0.3, -0.25) is 4.79 Å². The summed E-state index contributed by atoms with van der Waals surface area (Å²) in [6.07, 6.45) is 4.92. The van der Waals surface area contributed by atoms with E-state index in [4.69, 9.17) is 15.2 Å². The van der Waals surface area contributed by atoms with Gasteiger partial charge in [0.15, 0.2) is 5.78 Å². The molecular weight excluding hydrogens is 242 g/mol. The molecular formula is C15H21NO3. The van der Waals surface area contributed by atoms with E-state index in [-0.39, 0.29) is 5.78 Å². The zero-order valence-corrected chi connectivity index (χ0v) is 11.4. The van der Waals surface area contributed by atoms with Crippen molar-refractivity contribution in [2.45, 2.75) is 38.2 Å². The number of ether oxygens (including phenoxy) is 2. The van der Waals surface area contributed by atoms with Crippen molar-refractivity contribution in [3.05, 3.63) is 23.8 Å². The van der Waals surface area contributed by atoms with Gasteiger partial charge in [0.1, 0.15) is 5.75 Å². The van der Waals surface area contributed by atoms with Crippen molar-refractivity contribution in [2.24, 2.45) is 0 Å². The minimum absolute atomic E-state index is 0.0781. The van der Waals surface area contributed by atoms with E-state index in [1.54, 1.807) is 25.3 Å². The summed E-state index contributed by atoms with van der Waals surface area (Å²) in [4.78, 5) is 12.1. The van der Waals surface area contributed by atoms with Crippen molar-refractivity contribution < 1.29 is 14.3 Å². The Bertz CT molecular complexity index is 439. The molecule has 1 fully saturated rings. The maximum absolute atomic E-state index is 12.1. The highest BCUT2D eigenvalue weighted by molar-refractivity contribution is 6.01. The molecule has 19 heavy (non-hydrogen) atoms. The van der Waals surface area contributed by atoms with E-state index in [1.807, 2.05) is 0 Å². The molecule has 0 aliphatic carbocycles. The van der Waals surface area contributed by atoms with Gasteiger partial charge < -0.3 is 15.2 Å². The van der Waals surface area contributed by atoms with Crippen LogP contribution in [0.15, 0.2) is 18.2 Å². The average Bonchev–Trinajstić information content (AvgIpc) is 2.92. The molecule has 0 radical (unpaired) electrons. The molecule has 104 valence electrons. The number of nitrogen functional groups attached to an aromatic ring is 1. The molecule has 0 aromatic heterocycles. The summed E-state index contributed by atoms with van der Waals surface area (Å²) < 4.78 is 10.7. The summed E-state index contributed by atoms with van der Waals surface area (Å²) in [6.45, 7) is 0.863. The lowest BCUT2D eigenvalue weighted by Crippen LogP contribution is -2.08. The second-order valence-corrected chi connectivity index (χ2v) is 4.90. The molecule has 4 nitrogen and oxygen atoms in total. The number of rotatable bonds is 6. The van der Waals surface area contributed by atoms with E-state index in [2.05, 4.69) is 0 Å². The molecule has 1 aromatic rings. The molecule has 0 bridgehead atoms. The molecule has 0 spiro atoms. The third-order valence-corrected chi connectivity index (χ3v) is 3.51. The SMILES string of the molecule is COc1ccc(N)c(C(=O)CCCC2CCCO2)c1. The number of nitrogens with two attached hydrogens (primary N) is 1. The molecule has 0 saturated carbocycles.